The third-order valence-electron chi connectivity index (χ3n) is 3.28. The van der Waals surface area contributed by atoms with E-state index >= 15 is 0 Å². The number of carbonyl (C=O) groups is 1. The molecule has 2 heterocycles. The van der Waals surface area contributed by atoms with Crippen molar-refractivity contribution >= 4 is 5.97 Å². The molecule has 2 aliphatic heterocycles. The van der Waals surface area contributed by atoms with Crippen LogP contribution in [0.2, 0.25) is 0 Å². The first-order valence-corrected chi connectivity index (χ1v) is 6.53. The van der Waals surface area contributed by atoms with E-state index < -0.39 is 5.97 Å². The number of aliphatic carboxylic acids is 1. The highest BCUT2D eigenvalue weighted by molar-refractivity contribution is 5.66. The third-order valence-corrected chi connectivity index (χ3v) is 3.28. The third kappa shape index (κ3) is 4.53. The summed E-state index contributed by atoms with van der Waals surface area (Å²) in [7, 11) is 0. The molecular weight excluding hydrogens is 238 g/mol. The van der Waals surface area contributed by atoms with E-state index in [4.69, 9.17) is 19.3 Å². The molecule has 0 bridgehead atoms. The van der Waals surface area contributed by atoms with Crippen molar-refractivity contribution in [1.29, 1.82) is 0 Å². The molecule has 0 amide bonds. The molecule has 0 radical (unpaired) electrons. The van der Waals surface area contributed by atoms with Crippen LogP contribution in [0.3, 0.4) is 0 Å². The zero-order chi connectivity index (χ0) is 12.8. The molecule has 6 nitrogen and oxygen atoms in total. The fourth-order valence-corrected chi connectivity index (χ4v) is 2.21. The molecule has 2 rings (SSSR count). The lowest BCUT2D eigenvalue weighted by molar-refractivity contribution is -0.138. The smallest absolute Gasteiger partial charge is 0.303 e. The maximum absolute atomic E-state index is 10.5. The minimum Gasteiger partial charge on any atom is -0.481 e. The normalized spacial score (nSPS) is 29.6. The quantitative estimate of drug-likeness (QED) is 0.740. The Hall–Kier alpha value is -0.690. The fraction of sp³-hybridized carbons (Fsp3) is 0.917. The molecule has 1 N–H and O–H groups in total. The molecule has 2 saturated heterocycles. The first-order valence-electron chi connectivity index (χ1n) is 6.53. The Morgan fingerprint density at radius 3 is 2.78 bits per heavy atom. The molecule has 2 atom stereocenters. The number of nitrogens with zero attached hydrogens (tertiary/aromatic N) is 1. The van der Waals surface area contributed by atoms with Gasteiger partial charge in [-0.1, -0.05) is 0 Å². The van der Waals surface area contributed by atoms with Gasteiger partial charge in [-0.05, 0) is 6.42 Å². The summed E-state index contributed by atoms with van der Waals surface area (Å²) in [5.41, 5.74) is 0. The molecule has 0 aromatic carbocycles. The number of morpholine rings is 1. The summed E-state index contributed by atoms with van der Waals surface area (Å²) in [5, 5.41) is 8.60. The van der Waals surface area contributed by atoms with Gasteiger partial charge in [0.1, 0.15) is 0 Å². The highest BCUT2D eigenvalue weighted by Crippen LogP contribution is 2.18. The summed E-state index contributed by atoms with van der Waals surface area (Å²) in [4.78, 5) is 12.8. The lowest BCUT2D eigenvalue weighted by Gasteiger charge is -2.27. The summed E-state index contributed by atoms with van der Waals surface area (Å²) >= 11 is 0. The van der Waals surface area contributed by atoms with Gasteiger partial charge in [-0.25, -0.2) is 0 Å². The van der Waals surface area contributed by atoms with E-state index in [1.807, 2.05) is 0 Å². The van der Waals surface area contributed by atoms with Crippen molar-refractivity contribution in [1.82, 2.24) is 4.90 Å². The van der Waals surface area contributed by atoms with Gasteiger partial charge in [0.05, 0.1) is 25.9 Å². The van der Waals surface area contributed by atoms with E-state index in [-0.39, 0.29) is 18.8 Å². The number of hydrogen-bond acceptors (Lipinski definition) is 5. The molecule has 0 aromatic rings. The Bertz CT molecular complexity index is 267. The highest BCUT2D eigenvalue weighted by Gasteiger charge is 2.26. The summed E-state index contributed by atoms with van der Waals surface area (Å²) in [5.74, 6) is -0.782. The summed E-state index contributed by atoms with van der Waals surface area (Å²) in [6.45, 7) is 4.99. The molecule has 104 valence electrons. The van der Waals surface area contributed by atoms with Crippen LogP contribution < -0.4 is 0 Å². The van der Waals surface area contributed by atoms with Gasteiger partial charge >= 0.3 is 5.97 Å². The largest absolute Gasteiger partial charge is 0.481 e. The molecule has 6 heteroatoms. The van der Waals surface area contributed by atoms with E-state index in [0.29, 0.717) is 13.0 Å². The van der Waals surface area contributed by atoms with Crippen LogP contribution in [0.5, 0.6) is 0 Å². The molecule has 0 spiro atoms. The van der Waals surface area contributed by atoms with Crippen LogP contribution in [0, 0.1) is 0 Å². The maximum atomic E-state index is 10.5. The summed E-state index contributed by atoms with van der Waals surface area (Å²) in [6.07, 6.45) is 1.28. The molecule has 2 unspecified atom stereocenters. The Labute approximate surface area is 107 Å². The molecule has 2 fully saturated rings. The summed E-state index contributed by atoms with van der Waals surface area (Å²) < 4.78 is 16.5. The van der Waals surface area contributed by atoms with Crippen LogP contribution in [0.4, 0.5) is 0 Å². The topological polar surface area (TPSA) is 68.2 Å². The van der Waals surface area contributed by atoms with Crippen molar-refractivity contribution in [2.24, 2.45) is 0 Å². The van der Waals surface area contributed by atoms with Gasteiger partial charge in [-0.2, -0.15) is 0 Å². The molecular formula is C12H21NO5. The second kappa shape index (κ2) is 7.04. The number of rotatable bonds is 6. The molecule has 18 heavy (non-hydrogen) atoms. The number of hydrogen-bond donors (Lipinski definition) is 1. The zero-order valence-corrected chi connectivity index (χ0v) is 10.5. The van der Waals surface area contributed by atoms with Crippen LogP contribution >= 0.6 is 0 Å². The maximum Gasteiger partial charge on any atom is 0.303 e. The van der Waals surface area contributed by atoms with Gasteiger partial charge in [0.15, 0.2) is 6.29 Å². The van der Waals surface area contributed by atoms with E-state index in [1.54, 1.807) is 0 Å². The van der Waals surface area contributed by atoms with Crippen LogP contribution in [0.1, 0.15) is 19.3 Å². The minimum atomic E-state index is -0.782. The standard InChI is InChI=1S/C12H21NO5/c14-11(15)2-1-10-9-17-12(18-10)3-4-13-5-7-16-8-6-13/h10,12H,1-9H2,(H,14,15). The molecule has 0 aliphatic carbocycles. The van der Waals surface area contributed by atoms with E-state index in [9.17, 15) is 4.79 Å². The van der Waals surface area contributed by atoms with Crippen molar-refractivity contribution in [2.75, 3.05) is 39.5 Å². The van der Waals surface area contributed by atoms with Gasteiger partial charge in [0.25, 0.3) is 0 Å². The Kier molecular flexibility index (Phi) is 5.37. The number of carboxylic acids is 1. The van der Waals surface area contributed by atoms with Crippen LogP contribution in [-0.2, 0) is 19.0 Å². The van der Waals surface area contributed by atoms with Gasteiger partial charge in [-0.15, -0.1) is 0 Å². The molecule has 2 aliphatic rings. The second-order valence-corrected chi connectivity index (χ2v) is 4.70. The van der Waals surface area contributed by atoms with Gasteiger partial charge in [0, 0.05) is 32.5 Å². The van der Waals surface area contributed by atoms with Gasteiger partial charge in [0.2, 0.25) is 0 Å². The number of ether oxygens (including phenoxy) is 3. The summed E-state index contributed by atoms with van der Waals surface area (Å²) in [6, 6.07) is 0. The van der Waals surface area contributed by atoms with E-state index in [1.165, 1.54) is 0 Å². The SMILES string of the molecule is O=C(O)CCC1COC(CCN2CCOCC2)O1. The van der Waals surface area contributed by atoms with Gasteiger partial charge < -0.3 is 19.3 Å². The second-order valence-electron chi connectivity index (χ2n) is 4.70. The lowest BCUT2D eigenvalue weighted by Crippen LogP contribution is -2.38. The van der Waals surface area contributed by atoms with Crippen LogP contribution in [0.15, 0.2) is 0 Å². The van der Waals surface area contributed by atoms with E-state index in [2.05, 4.69) is 4.90 Å². The lowest BCUT2D eigenvalue weighted by atomic mass is 10.2. The fourth-order valence-electron chi connectivity index (χ4n) is 2.21. The highest BCUT2D eigenvalue weighted by atomic mass is 16.7. The molecule has 0 aromatic heterocycles. The van der Waals surface area contributed by atoms with Crippen molar-refractivity contribution in [3.63, 3.8) is 0 Å². The van der Waals surface area contributed by atoms with Crippen molar-refractivity contribution in [3.05, 3.63) is 0 Å². The number of carboxylic acid groups (broad SMARTS) is 1. The average molecular weight is 259 g/mol. The predicted molar refractivity (Wildman–Crippen MR) is 63.4 cm³/mol. The Morgan fingerprint density at radius 2 is 2.06 bits per heavy atom. The van der Waals surface area contributed by atoms with Crippen molar-refractivity contribution in [2.45, 2.75) is 31.7 Å². The monoisotopic (exact) mass is 259 g/mol. The zero-order valence-electron chi connectivity index (χ0n) is 10.5. The van der Waals surface area contributed by atoms with Crippen LogP contribution in [-0.4, -0.2) is 67.8 Å². The van der Waals surface area contributed by atoms with Crippen molar-refractivity contribution in [3.8, 4) is 0 Å². The first kappa shape index (κ1) is 13.7. The Balaban J connectivity index is 1.58. The Morgan fingerprint density at radius 1 is 1.28 bits per heavy atom. The minimum absolute atomic E-state index is 0.0595. The molecule has 0 saturated carbocycles. The average Bonchev–Trinajstić information content (AvgIpc) is 2.83. The van der Waals surface area contributed by atoms with Gasteiger partial charge in [-0.3, -0.25) is 9.69 Å². The predicted octanol–water partition coefficient (Wildman–Crippen LogP) is 0.315. The first-order chi connectivity index (χ1) is 8.74. The van der Waals surface area contributed by atoms with E-state index in [0.717, 1.165) is 39.3 Å². The van der Waals surface area contributed by atoms with Crippen molar-refractivity contribution < 1.29 is 24.1 Å². The van der Waals surface area contributed by atoms with Crippen LogP contribution in [0.25, 0.3) is 0 Å².